The van der Waals surface area contributed by atoms with Crippen LogP contribution in [0.25, 0.3) is 0 Å². The lowest BCUT2D eigenvalue weighted by atomic mass is 10.3. The number of hydrogen-bond donors (Lipinski definition) is 5. The van der Waals surface area contributed by atoms with E-state index in [1.54, 1.807) is 24.5 Å². The number of nitrogens with one attached hydrogen (secondary N) is 4. The number of H-pyrrole nitrogens is 1. The number of nitrogen functional groups attached to an aromatic ring is 1. The van der Waals surface area contributed by atoms with Gasteiger partial charge in [-0.25, -0.2) is 13.2 Å². The summed E-state index contributed by atoms with van der Waals surface area (Å²) < 4.78 is 27.1. The summed E-state index contributed by atoms with van der Waals surface area (Å²) in [5.74, 6) is -0.112. The quantitative estimate of drug-likeness (QED) is 0.418. The molecule has 0 aliphatic carbocycles. The molecule has 11 nitrogen and oxygen atoms in total. The minimum atomic E-state index is -3.95. The fourth-order valence-corrected chi connectivity index (χ4v) is 3.13. The number of urea groups is 1. The van der Waals surface area contributed by atoms with Gasteiger partial charge in [-0.05, 0) is 29.8 Å². The molecule has 27 heavy (non-hydrogen) atoms. The van der Waals surface area contributed by atoms with E-state index >= 15 is 0 Å². The molecule has 0 aliphatic heterocycles. The Morgan fingerprint density at radius 2 is 1.93 bits per heavy atom. The van der Waals surface area contributed by atoms with Gasteiger partial charge in [-0.1, -0.05) is 0 Å². The van der Waals surface area contributed by atoms with E-state index in [2.05, 4.69) is 35.5 Å². The van der Waals surface area contributed by atoms with Crippen molar-refractivity contribution >= 4 is 33.4 Å². The van der Waals surface area contributed by atoms with E-state index in [1.807, 2.05) is 0 Å². The van der Waals surface area contributed by atoms with Crippen LogP contribution in [-0.4, -0.2) is 34.6 Å². The molecule has 0 saturated carbocycles. The van der Waals surface area contributed by atoms with Crippen molar-refractivity contribution in [2.75, 3.05) is 15.8 Å². The first-order valence-corrected chi connectivity index (χ1v) is 9.14. The van der Waals surface area contributed by atoms with E-state index in [-0.39, 0.29) is 28.8 Å². The lowest BCUT2D eigenvalue weighted by Crippen LogP contribution is -2.29. The highest BCUT2D eigenvalue weighted by molar-refractivity contribution is 7.92. The predicted octanol–water partition coefficient (Wildman–Crippen LogP) is 0.904. The topological polar surface area (TPSA) is 168 Å². The molecule has 3 heterocycles. The maximum atomic E-state index is 12.4. The van der Waals surface area contributed by atoms with Crippen molar-refractivity contribution in [1.82, 2.24) is 25.5 Å². The number of amides is 2. The summed E-state index contributed by atoms with van der Waals surface area (Å²) in [4.78, 5) is 19.7. The minimum Gasteiger partial charge on any atom is -0.382 e. The highest BCUT2D eigenvalue weighted by Crippen LogP contribution is 2.27. The van der Waals surface area contributed by atoms with Crippen molar-refractivity contribution in [2.45, 2.75) is 11.4 Å². The van der Waals surface area contributed by atoms with E-state index in [4.69, 9.17) is 5.73 Å². The van der Waals surface area contributed by atoms with Gasteiger partial charge in [0, 0.05) is 31.3 Å². The molecule has 0 fully saturated rings. The summed E-state index contributed by atoms with van der Waals surface area (Å²) >= 11 is 0. The first-order chi connectivity index (χ1) is 13.0. The monoisotopic (exact) mass is 388 g/mol. The SMILES string of the molecule is Nc1[nH]nc(NC(=O)NCc2ccncc2)c1NS(=O)(=O)c1cccnc1. The Balaban J connectivity index is 1.70. The van der Waals surface area contributed by atoms with Crippen molar-refractivity contribution in [2.24, 2.45) is 0 Å². The van der Waals surface area contributed by atoms with E-state index in [1.165, 1.54) is 24.5 Å². The molecule has 3 rings (SSSR count). The molecule has 0 aliphatic rings. The zero-order valence-electron chi connectivity index (χ0n) is 13.9. The molecule has 6 N–H and O–H groups in total. The predicted molar refractivity (Wildman–Crippen MR) is 98.1 cm³/mol. The van der Waals surface area contributed by atoms with Crippen molar-refractivity contribution in [3.05, 3.63) is 54.6 Å². The smallest absolute Gasteiger partial charge is 0.320 e. The van der Waals surface area contributed by atoms with Gasteiger partial charge in [-0.2, -0.15) is 5.10 Å². The number of nitrogens with two attached hydrogens (primary N) is 1. The Bertz CT molecular complexity index is 1020. The lowest BCUT2D eigenvalue weighted by Gasteiger charge is -2.10. The standard InChI is InChI=1S/C15H16N8O3S/c16-13-12(23-27(25,26)11-2-1-5-18-9-11)14(22-21-13)20-15(24)19-8-10-3-6-17-7-4-10/h1-7,9,23H,8H2,(H5,16,19,20,21,22,24). The van der Waals surface area contributed by atoms with Gasteiger partial charge in [0.15, 0.2) is 5.82 Å². The minimum absolute atomic E-state index is 0.0492. The van der Waals surface area contributed by atoms with Crippen LogP contribution in [0.2, 0.25) is 0 Å². The number of sulfonamides is 1. The number of nitrogens with zero attached hydrogens (tertiary/aromatic N) is 3. The molecule has 2 amide bonds. The van der Waals surface area contributed by atoms with Crippen LogP contribution in [0.15, 0.2) is 53.9 Å². The van der Waals surface area contributed by atoms with Crippen LogP contribution >= 0.6 is 0 Å². The second-order valence-electron chi connectivity index (χ2n) is 5.32. The number of pyridine rings is 2. The summed E-state index contributed by atoms with van der Waals surface area (Å²) in [6, 6.07) is 5.78. The van der Waals surface area contributed by atoms with Crippen LogP contribution in [0.3, 0.4) is 0 Å². The van der Waals surface area contributed by atoms with Crippen molar-refractivity contribution in [1.29, 1.82) is 0 Å². The molecule has 0 saturated heterocycles. The van der Waals surface area contributed by atoms with Crippen molar-refractivity contribution in [3.8, 4) is 0 Å². The van der Waals surface area contributed by atoms with Gasteiger partial charge < -0.3 is 11.1 Å². The number of aromatic amines is 1. The molecular formula is C15H16N8O3S. The molecule has 3 aromatic heterocycles. The highest BCUT2D eigenvalue weighted by Gasteiger charge is 2.21. The highest BCUT2D eigenvalue weighted by atomic mass is 32.2. The van der Waals surface area contributed by atoms with Crippen LogP contribution in [0.5, 0.6) is 0 Å². The maximum absolute atomic E-state index is 12.4. The van der Waals surface area contributed by atoms with Gasteiger partial charge in [0.05, 0.1) is 0 Å². The van der Waals surface area contributed by atoms with Gasteiger partial charge in [0.2, 0.25) is 0 Å². The number of carbonyl (C=O) groups is 1. The third-order valence-corrected chi connectivity index (χ3v) is 4.74. The molecule has 0 atom stereocenters. The Morgan fingerprint density at radius 3 is 2.63 bits per heavy atom. The number of rotatable bonds is 6. The zero-order valence-corrected chi connectivity index (χ0v) is 14.7. The largest absolute Gasteiger partial charge is 0.382 e. The average Bonchev–Trinajstić information content (AvgIpc) is 3.01. The first-order valence-electron chi connectivity index (χ1n) is 7.66. The molecule has 0 aromatic carbocycles. The third-order valence-electron chi connectivity index (χ3n) is 3.41. The maximum Gasteiger partial charge on any atom is 0.320 e. The van der Waals surface area contributed by atoms with Crippen LogP contribution in [0, 0.1) is 0 Å². The molecule has 140 valence electrons. The van der Waals surface area contributed by atoms with Crippen LogP contribution in [-0.2, 0) is 16.6 Å². The van der Waals surface area contributed by atoms with E-state index < -0.39 is 16.1 Å². The Kier molecular flexibility index (Phi) is 5.17. The Hall–Kier alpha value is -3.67. The second kappa shape index (κ2) is 7.70. The van der Waals surface area contributed by atoms with Gasteiger partial charge in [-0.15, -0.1) is 0 Å². The van der Waals surface area contributed by atoms with Gasteiger partial charge in [-0.3, -0.25) is 25.1 Å². The second-order valence-corrected chi connectivity index (χ2v) is 7.00. The van der Waals surface area contributed by atoms with Crippen molar-refractivity contribution in [3.63, 3.8) is 0 Å². The summed E-state index contributed by atoms with van der Waals surface area (Å²) in [7, 11) is -3.95. The summed E-state index contributed by atoms with van der Waals surface area (Å²) in [6.45, 7) is 0.255. The average molecular weight is 388 g/mol. The number of anilines is 3. The summed E-state index contributed by atoms with van der Waals surface area (Å²) in [6.07, 6.45) is 5.85. The van der Waals surface area contributed by atoms with E-state index in [0.717, 1.165) is 5.56 Å². The fourth-order valence-electron chi connectivity index (χ4n) is 2.08. The van der Waals surface area contributed by atoms with Crippen molar-refractivity contribution < 1.29 is 13.2 Å². The van der Waals surface area contributed by atoms with Crippen LogP contribution in [0.1, 0.15) is 5.56 Å². The Labute approximate surface area is 154 Å². The van der Waals surface area contributed by atoms with Crippen LogP contribution < -0.4 is 21.1 Å². The van der Waals surface area contributed by atoms with Crippen LogP contribution in [0.4, 0.5) is 22.1 Å². The molecule has 3 aromatic rings. The van der Waals surface area contributed by atoms with Gasteiger partial charge in [0.1, 0.15) is 16.4 Å². The number of hydrogen-bond acceptors (Lipinski definition) is 7. The number of aromatic nitrogens is 4. The van der Waals surface area contributed by atoms with E-state index in [9.17, 15) is 13.2 Å². The molecule has 0 bridgehead atoms. The normalized spacial score (nSPS) is 11.0. The van der Waals surface area contributed by atoms with Gasteiger partial charge >= 0.3 is 6.03 Å². The van der Waals surface area contributed by atoms with E-state index in [0.29, 0.717) is 0 Å². The molecule has 0 radical (unpaired) electrons. The first kappa shape index (κ1) is 18.1. The molecule has 0 spiro atoms. The molecule has 0 unspecified atom stereocenters. The lowest BCUT2D eigenvalue weighted by molar-refractivity contribution is 0.251. The number of carbonyl (C=O) groups excluding carboxylic acids is 1. The third kappa shape index (κ3) is 4.49. The zero-order chi connectivity index (χ0) is 19.3. The molecular weight excluding hydrogens is 372 g/mol. The van der Waals surface area contributed by atoms with Gasteiger partial charge in [0.25, 0.3) is 10.0 Å². The molecule has 12 heteroatoms. The fraction of sp³-hybridized carbons (Fsp3) is 0.0667. The Morgan fingerprint density at radius 1 is 1.15 bits per heavy atom. The summed E-state index contributed by atoms with van der Waals surface area (Å²) in [5, 5.41) is 11.3. The summed E-state index contributed by atoms with van der Waals surface area (Å²) in [5.41, 5.74) is 6.50.